The Morgan fingerprint density at radius 2 is 1.48 bits per heavy atom. The van der Waals surface area contributed by atoms with E-state index in [0.29, 0.717) is 24.4 Å². The first-order chi connectivity index (χ1) is 22.2. The maximum absolute atomic E-state index is 13.4. The van der Waals surface area contributed by atoms with Crippen molar-refractivity contribution in [3.8, 4) is 11.1 Å². The Morgan fingerprint density at radius 3 is 2.00 bits per heavy atom. The molecule has 0 spiro atoms. The SMILES string of the molecule is C=C(/C=C\C(Br)=C/C)NC(=O)CC(NC(=O)c1ccc(-c2ccccc2C)cc1)C(=O)N1CCN(C)CC1.C=O.C=O.CC.CN. The monoisotopic (exact) mass is 699 g/mol. The normalized spacial score (nSPS) is 13.0. The van der Waals surface area contributed by atoms with Crippen LogP contribution in [0.4, 0.5) is 0 Å². The fourth-order valence-corrected chi connectivity index (χ4v) is 4.25. The number of hydrogen-bond donors (Lipinski definition) is 3. The molecule has 1 heterocycles. The summed E-state index contributed by atoms with van der Waals surface area (Å²) in [4.78, 5) is 59.2. The van der Waals surface area contributed by atoms with Gasteiger partial charge in [-0.05, 0) is 68.9 Å². The number of hydrogen-bond acceptors (Lipinski definition) is 7. The Morgan fingerprint density at radius 1 is 0.935 bits per heavy atom. The minimum atomic E-state index is -0.999. The largest absolute Gasteiger partial charge is 0.340 e. The van der Waals surface area contributed by atoms with Gasteiger partial charge in [0.2, 0.25) is 11.8 Å². The van der Waals surface area contributed by atoms with E-state index in [9.17, 15) is 14.4 Å². The van der Waals surface area contributed by atoms with Gasteiger partial charge < -0.3 is 35.8 Å². The number of halogens is 1. The zero-order valence-corrected chi connectivity index (χ0v) is 29.6. The summed E-state index contributed by atoms with van der Waals surface area (Å²) >= 11 is 3.37. The molecule has 1 saturated heterocycles. The lowest BCUT2D eigenvalue weighted by Crippen LogP contribution is -2.55. The zero-order chi connectivity index (χ0) is 35.7. The van der Waals surface area contributed by atoms with Crippen molar-refractivity contribution >= 4 is 47.2 Å². The first-order valence-electron chi connectivity index (χ1n) is 14.8. The summed E-state index contributed by atoms with van der Waals surface area (Å²) in [6, 6.07) is 14.3. The molecular weight excluding hydrogens is 650 g/mol. The zero-order valence-electron chi connectivity index (χ0n) is 28.0. The van der Waals surface area contributed by atoms with Crippen LogP contribution in [-0.4, -0.2) is 87.4 Å². The number of allylic oxidation sites excluding steroid dienone is 4. The number of nitrogens with zero attached hydrogens (tertiary/aromatic N) is 2. The maximum Gasteiger partial charge on any atom is 0.251 e. The third-order valence-electron chi connectivity index (χ3n) is 6.43. The van der Waals surface area contributed by atoms with Crippen LogP contribution < -0.4 is 16.4 Å². The summed E-state index contributed by atoms with van der Waals surface area (Å²) in [5, 5.41) is 5.51. The smallest absolute Gasteiger partial charge is 0.251 e. The van der Waals surface area contributed by atoms with Gasteiger partial charge in [-0.25, -0.2) is 0 Å². The maximum atomic E-state index is 13.4. The number of amides is 3. The quantitative estimate of drug-likeness (QED) is 0.324. The van der Waals surface area contributed by atoms with Crippen LogP contribution in [-0.2, 0) is 19.2 Å². The second kappa shape index (κ2) is 26.1. The molecule has 3 amide bonds. The number of likely N-dealkylation sites (N-methyl/N-ethyl adjacent to an activating group) is 1. The number of rotatable bonds is 9. The molecule has 3 rings (SSSR count). The van der Waals surface area contributed by atoms with Gasteiger partial charge in [0.1, 0.15) is 19.6 Å². The Hall–Kier alpha value is -4.19. The highest BCUT2D eigenvalue weighted by molar-refractivity contribution is 9.11. The van der Waals surface area contributed by atoms with Gasteiger partial charge in [-0.1, -0.05) is 78.8 Å². The molecule has 1 fully saturated rings. The molecule has 252 valence electrons. The van der Waals surface area contributed by atoms with E-state index in [1.54, 1.807) is 29.2 Å². The minimum Gasteiger partial charge on any atom is -0.340 e. The van der Waals surface area contributed by atoms with Gasteiger partial charge in [0.15, 0.2) is 0 Å². The van der Waals surface area contributed by atoms with Crippen LogP contribution in [0, 0.1) is 6.92 Å². The highest BCUT2D eigenvalue weighted by Crippen LogP contribution is 2.23. The number of piperazine rings is 1. The standard InChI is InChI=1S/C30H35BrN4O3.C2H6.CH5N.2CH2O/c1-5-25(31)15-10-22(3)32-28(36)20-27(30(38)35-18-16-34(4)17-19-35)33-29(37)24-13-11-23(12-14-24)26-9-7-6-8-21(26)2;4*1-2/h5-15,27H,3,16-20H2,1-2,4H3,(H,32,36)(H,33,37);1-2H3;2H2,1H3;2*1H2/b15-10-,25-5+;;;;. The van der Waals surface area contributed by atoms with Crippen molar-refractivity contribution in [3.05, 3.63) is 94.6 Å². The van der Waals surface area contributed by atoms with Crippen LogP contribution in [0.3, 0.4) is 0 Å². The molecule has 0 aliphatic carbocycles. The van der Waals surface area contributed by atoms with Crippen LogP contribution in [0.5, 0.6) is 0 Å². The Kier molecular flexibility index (Phi) is 24.9. The highest BCUT2D eigenvalue weighted by Gasteiger charge is 2.30. The Balaban J connectivity index is 0. The van der Waals surface area contributed by atoms with E-state index in [1.807, 2.05) is 90.8 Å². The molecule has 1 unspecified atom stereocenters. The van der Waals surface area contributed by atoms with E-state index in [-0.39, 0.29) is 12.3 Å². The highest BCUT2D eigenvalue weighted by atomic mass is 79.9. The first kappa shape index (κ1) is 43.9. The van der Waals surface area contributed by atoms with Crippen LogP contribution in [0.1, 0.15) is 43.1 Å². The summed E-state index contributed by atoms with van der Waals surface area (Å²) in [7, 11) is 3.50. The molecule has 0 radical (unpaired) electrons. The number of carbonyl (C=O) groups is 5. The van der Waals surface area contributed by atoms with Gasteiger partial charge in [0.25, 0.3) is 5.91 Å². The minimum absolute atomic E-state index is 0.199. The van der Waals surface area contributed by atoms with Gasteiger partial charge >= 0.3 is 0 Å². The van der Waals surface area contributed by atoms with E-state index in [0.717, 1.165) is 34.3 Å². The van der Waals surface area contributed by atoms with Gasteiger partial charge in [-0.3, -0.25) is 14.4 Å². The van der Waals surface area contributed by atoms with E-state index in [2.05, 4.69) is 43.8 Å². The molecule has 4 N–H and O–H groups in total. The van der Waals surface area contributed by atoms with Crippen LogP contribution in [0.15, 0.2) is 83.5 Å². The third kappa shape index (κ3) is 15.7. The van der Waals surface area contributed by atoms with E-state index < -0.39 is 17.9 Å². The molecule has 1 atom stereocenters. The van der Waals surface area contributed by atoms with E-state index in [1.165, 1.54) is 7.05 Å². The molecule has 2 aromatic carbocycles. The molecule has 1 aliphatic heterocycles. The van der Waals surface area contributed by atoms with Crippen molar-refractivity contribution in [2.45, 2.75) is 40.2 Å². The summed E-state index contributed by atoms with van der Waals surface area (Å²) in [6.07, 6.45) is 5.08. The van der Waals surface area contributed by atoms with Gasteiger partial charge in [0.05, 0.1) is 6.42 Å². The second-order valence-corrected chi connectivity index (χ2v) is 10.2. The van der Waals surface area contributed by atoms with Crippen LogP contribution in [0.25, 0.3) is 11.1 Å². The molecular formula is C35H50BrN5O5. The Bertz CT molecular complexity index is 1270. The average molecular weight is 701 g/mol. The number of carbonyl (C=O) groups excluding carboxylic acids is 5. The summed E-state index contributed by atoms with van der Waals surface area (Å²) in [5.41, 5.74) is 8.54. The third-order valence-corrected chi connectivity index (χ3v) is 7.15. The molecule has 0 aromatic heterocycles. The Labute approximate surface area is 282 Å². The molecule has 0 saturated carbocycles. The lowest BCUT2D eigenvalue weighted by atomic mass is 9.99. The lowest BCUT2D eigenvalue weighted by Gasteiger charge is -2.34. The topological polar surface area (TPSA) is 142 Å². The van der Waals surface area contributed by atoms with E-state index in [4.69, 9.17) is 9.59 Å². The molecule has 2 aromatic rings. The number of aryl methyl sites for hydroxylation is 1. The summed E-state index contributed by atoms with van der Waals surface area (Å²) < 4.78 is 0.844. The van der Waals surface area contributed by atoms with Gasteiger partial charge in [-0.15, -0.1) is 0 Å². The van der Waals surface area contributed by atoms with E-state index >= 15 is 0 Å². The van der Waals surface area contributed by atoms with Crippen molar-refractivity contribution in [2.75, 3.05) is 40.3 Å². The van der Waals surface area contributed by atoms with Crippen molar-refractivity contribution in [2.24, 2.45) is 5.73 Å². The molecule has 0 bridgehead atoms. The van der Waals surface area contributed by atoms with Gasteiger partial charge in [0, 0.05) is 41.9 Å². The number of nitrogens with one attached hydrogen (secondary N) is 2. The fraction of sp³-hybridized carbons (Fsp3) is 0.343. The first-order valence-corrected chi connectivity index (χ1v) is 15.6. The van der Waals surface area contributed by atoms with Crippen molar-refractivity contribution in [1.29, 1.82) is 0 Å². The molecule has 10 nitrogen and oxygen atoms in total. The predicted octanol–water partition coefficient (Wildman–Crippen LogP) is 4.64. The average Bonchev–Trinajstić information content (AvgIpc) is 3.10. The van der Waals surface area contributed by atoms with Crippen molar-refractivity contribution in [1.82, 2.24) is 20.4 Å². The van der Waals surface area contributed by atoms with Crippen LogP contribution in [0.2, 0.25) is 0 Å². The second-order valence-electron chi connectivity index (χ2n) is 9.33. The molecule has 1 aliphatic rings. The van der Waals surface area contributed by atoms with Crippen LogP contribution >= 0.6 is 15.9 Å². The van der Waals surface area contributed by atoms with Crippen molar-refractivity contribution in [3.63, 3.8) is 0 Å². The molecule has 46 heavy (non-hydrogen) atoms. The number of benzene rings is 2. The molecule has 11 heteroatoms. The summed E-state index contributed by atoms with van der Waals surface area (Å²) in [5.74, 6) is -1.08. The predicted molar refractivity (Wildman–Crippen MR) is 191 cm³/mol. The fourth-order valence-electron chi connectivity index (χ4n) is 4.12. The van der Waals surface area contributed by atoms with Crippen molar-refractivity contribution < 1.29 is 24.0 Å². The summed E-state index contributed by atoms with van der Waals surface area (Å²) in [6.45, 7) is 18.3. The van der Waals surface area contributed by atoms with Gasteiger partial charge in [-0.2, -0.15) is 0 Å². The lowest BCUT2D eigenvalue weighted by molar-refractivity contribution is -0.137. The number of nitrogens with two attached hydrogens (primary N) is 1.